The Labute approximate surface area is 136 Å². The summed E-state index contributed by atoms with van der Waals surface area (Å²) in [5.74, 6) is -0.300. The molecule has 1 amide bonds. The lowest BCUT2D eigenvalue weighted by atomic mass is 10.1. The lowest BCUT2D eigenvalue weighted by Crippen LogP contribution is -2.22. The molecule has 0 saturated heterocycles. The molecule has 1 aromatic carbocycles. The molecule has 2 rings (SSSR count). The molecule has 1 atom stereocenters. The van der Waals surface area contributed by atoms with Crippen LogP contribution in [0.25, 0.3) is 11.1 Å². The monoisotopic (exact) mass is 337 g/mol. The zero-order valence-corrected chi connectivity index (χ0v) is 13.9. The van der Waals surface area contributed by atoms with E-state index in [9.17, 15) is 13.8 Å². The highest BCUT2D eigenvalue weighted by Crippen LogP contribution is 2.23. The van der Waals surface area contributed by atoms with E-state index in [2.05, 4.69) is 10.0 Å². The fourth-order valence-corrected chi connectivity index (χ4v) is 2.54. The van der Waals surface area contributed by atoms with Gasteiger partial charge in [-0.25, -0.2) is 4.21 Å². The molecule has 0 saturated carbocycles. The maximum atomic E-state index is 12.0. The van der Waals surface area contributed by atoms with E-state index in [1.165, 1.54) is 11.5 Å². The van der Waals surface area contributed by atoms with Crippen LogP contribution in [0.2, 0.25) is 0 Å². The van der Waals surface area contributed by atoms with Crippen LogP contribution in [0, 0.1) is 0 Å². The Morgan fingerprint density at radius 3 is 2.52 bits per heavy atom. The summed E-state index contributed by atoms with van der Waals surface area (Å²) in [6, 6.07) is 8.97. The summed E-state index contributed by atoms with van der Waals surface area (Å²) in [6.45, 7) is 1.35. The van der Waals surface area contributed by atoms with Gasteiger partial charge in [0, 0.05) is 37.7 Å². The predicted molar refractivity (Wildman–Crippen MR) is 92.7 cm³/mol. The van der Waals surface area contributed by atoms with Crippen LogP contribution < -0.4 is 15.6 Å². The molecule has 0 radical (unpaired) electrons. The molecule has 1 heterocycles. The molecule has 23 heavy (non-hydrogen) atoms. The SMILES string of the molecule is CC(=O)Nc1cc(-c2cccc(NS(C)=O)c2)cn(C)c1=O.O. The summed E-state index contributed by atoms with van der Waals surface area (Å²) >= 11 is 0. The third kappa shape index (κ3) is 4.76. The molecule has 4 N–H and O–H groups in total. The molecule has 0 aliphatic rings. The van der Waals surface area contributed by atoms with Crippen molar-refractivity contribution in [3.05, 3.63) is 46.9 Å². The van der Waals surface area contributed by atoms with E-state index in [4.69, 9.17) is 0 Å². The number of hydrogen-bond acceptors (Lipinski definition) is 3. The van der Waals surface area contributed by atoms with Gasteiger partial charge in [0.1, 0.15) is 16.7 Å². The van der Waals surface area contributed by atoms with E-state index in [1.54, 1.807) is 25.6 Å². The highest BCUT2D eigenvalue weighted by atomic mass is 32.2. The second-order valence-electron chi connectivity index (χ2n) is 4.88. The van der Waals surface area contributed by atoms with Gasteiger partial charge in [-0.15, -0.1) is 0 Å². The van der Waals surface area contributed by atoms with Gasteiger partial charge in [-0.05, 0) is 23.8 Å². The van der Waals surface area contributed by atoms with E-state index >= 15 is 0 Å². The van der Waals surface area contributed by atoms with Crippen molar-refractivity contribution in [1.29, 1.82) is 0 Å². The molecule has 0 bridgehead atoms. The number of carbonyl (C=O) groups excluding carboxylic acids is 1. The van der Waals surface area contributed by atoms with Gasteiger partial charge in [0.25, 0.3) is 5.56 Å². The number of amides is 1. The number of rotatable bonds is 4. The van der Waals surface area contributed by atoms with Crippen LogP contribution in [-0.2, 0) is 22.8 Å². The molecule has 2 aromatic rings. The van der Waals surface area contributed by atoms with Crippen molar-refractivity contribution in [3.63, 3.8) is 0 Å². The Morgan fingerprint density at radius 2 is 1.91 bits per heavy atom. The summed E-state index contributed by atoms with van der Waals surface area (Å²) in [4.78, 5) is 23.2. The number of aryl methyl sites for hydroxylation is 1. The highest BCUT2D eigenvalue weighted by molar-refractivity contribution is 7.85. The Kier molecular flexibility index (Phi) is 6.23. The first-order valence-corrected chi connectivity index (χ1v) is 8.11. The lowest BCUT2D eigenvalue weighted by molar-refractivity contribution is -0.114. The first kappa shape index (κ1) is 18.6. The second-order valence-corrected chi connectivity index (χ2v) is 5.99. The van der Waals surface area contributed by atoms with Crippen molar-refractivity contribution in [1.82, 2.24) is 4.57 Å². The van der Waals surface area contributed by atoms with Crippen molar-refractivity contribution < 1.29 is 14.5 Å². The van der Waals surface area contributed by atoms with Crippen LogP contribution in [0.1, 0.15) is 6.92 Å². The molecule has 7 nitrogen and oxygen atoms in total. The number of benzene rings is 1. The van der Waals surface area contributed by atoms with Crippen molar-refractivity contribution in [2.24, 2.45) is 7.05 Å². The molecule has 1 aromatic heterocycles. The first-order valence-electron chi connectivity index (χ1n) is 6.55. The Morgan fingerprint density at radius 1 is 1.22 bits per heavy atom. The van der Waals surface area contributed by atoms with Crippen LogP contribution in [0.15, 0.2) is 41.3 Å². The fraction of sp³-hybridized carbons (Fsp3) is 0.200. The number of nitrogens with one attached hydrogen (secondary N) is 2. The van der Waals surface area contributed by atoms with Crippen LogP contribution in [0.5, 0.6) is 0 Å². The average Bonchev–Trinajstić information content (AvgIpc) is 2.42. The van der Waals surface area contributed by atoms with E-state index < -0.39 is 11.0 Å². The van der Waals surface area contributed by atoms with Gasteiger partial charge in [-0.3, -0.25) is 9.59 Å². The van der Waals surface area contributed by atoms with Crippen molar-refractivity contribution in [3.8, 4) is 11.1 Å². The molecule has 8 heteroatoms. The third-order valence-corrected chi connectivity index (χ3v) is 3.47. The molecule has 0 aliphatic heterocycles. The summed E-state index contributed by atoms with van der Waals surface area (Å²) in [6.07, 6.45) is 3.24. The Balaban J connectivity index is 0.00000264. The van der Waals surface area contributed by atoms with E-state index in [-0.39, 0.29) is 22.6 Å². The minimum absolute atomic E-state index is 0. The fourth-order valence-electron chi connectivity index (χ4n) is 2.08. The molecule has 124 valence electrons. The van der Waals surface area contributed by atoms with Crippen molar-refractivity contribution >= 4 is 28.3 Å². The van der Waals surface area contributed by atoms with E-state index in [0.29, 0.717) is 5.69 Å². The molecule has 0 fully saturated rings. The number of anilines is 2. The van der Waals surface area contributed by atoms with Gasteiger partial charge >= 0.3 is 0 Å². The summed E-state index contributed by atoms with van der Waals surface area (Å²) < 4.78 is 15.5. The van der Waals surface area contributed by atoms with Crippen molar-refractivity contribution in [2.45, 2.75) is 6.92 Å². The van der Waals surface area contributed by atoms with Crippen LogP contribution >= 0.6 is 0 Å². The second kappa shape index (κ2) is 7.70. The van der Waals surface area contributed by atoms with Gasteiger partial charge < -0.3 is 20.1 Å². The minimum Gasteiger partial charge on any atom is -0.412 e. The number of hydrogen-bond donors (Lipinski definition) is 2. The quantitative estimate of drug-likeness (QED) is 0.864. The van der Waals surface area contributed by atoms with Crippen LogP contribution in [0.3, 0.4) is 0 Å². The predicted octanol–water partition coefficient (Wildman–Crippen LogP) is 0.891. The molecular formula is C15H19N3O4S. The van der Waals surface area contributed by atoms with Gasteiger partial charge in [0.2, 0.25) is 5.91 Å². The van der Waals surface area contributed by atoms with E-state index in [0.717, 1.165) is 11.1 Å². The Bertz CT molecular complexity index is 802. The number of nitrogens with zero attached hydrogens (tertiary/aromatic N) is 1. The zero-order chi connectivity index (χ0) is 16.3. The van der Waals surface area contributed by atoms with Crippen LogP contribution in [-0.4, -0.2) is 26.4 Å². The molecule has 1 unspecified atom stereocenters. The maximum absolute atomic E-state index is 12.0. The highest BCUT2D eigenvalue weighted by Gasteiger charge is 2.08. The smallest absolute Gasteiger partial charge is 0.274 e. The number of aromatic nitrogens is 1. The first-order chi connectivity index (χ1) is 10.4. The summed E-state index contributed by atoms with van der Waals surface area (Å²) in [5, 5.41) is 2.53. The standard InChI is InChI=1S/C15H17N3O3S.H2O/c1-10(19)16-14-8-12(9-18(2)15(14)20)11-5-4-6-13(7-11)17-22(3)21;/h4-9,17H,1-3H3,(H,16,19);1H2. The maximum Gasteiger partial charge on any atom is 0.274 e. The summed E-state index contributed by atoms with van der Waals surface area (Å²) in [7, 11) is 0.462. The van der Waals surface area contributed by atoms with Gasteiger partial charge in [0.15, 0.2) is 0 Å². The zero-order valence-electron chi connectivity index (χ0n) is 13.0. The van der Waals surface area contributed by atoms with Gasteiger partial charge in [-0.2, -0.15) is 0 Å². The minimum atomic E-state index is -1.16. The average molecular weight is 337 g/mol. The van der Waals surface area contributed by atoms with E-state index in [1.807, 2.05) is 24.3 Å². The third-order valence-electron chi connectivity index (χ3n) is 2.95. The topological polar surface area (TPSA) is 112 Å². The summed E-state index contributed by atoms with van der Waals surface area (Å²) in [5.41, 5.74) is 2.29. The van der Waals surface area contributed by atoms with Gasteiger partial charge in [0.05, 0.1) is 0 Å². The van der Waals surface area contributed by atoms with Crippen molar-refractivity contribution in [2.75, 3.05) is 16.3 Å². The normalized spacial score (nSPS) is 11.3. The molecular weight excluding hydrogens is 318 g/mol. The number of pyridine rings is 1. The Hall–Kier alpha value is -2.45. The molecule has 0 aliphatic carbocycles. The lowest BCUT2D eigenvalue weighted by Gasteiger charge is -2.10. The van der Waals surface area contributed by atoms with Gasteiger partial charge in [-0.1, -0.05) is 12.1 Å². The number of carbonyl (C=O) groups is 1. The largest absolute Gasteiger partial charge is 0.412 e. The molecule has 0 spiro atoms. The van der Waals surface area contributed by atoms with Crippen LogP contribution in [0.4, 0.5) is 11.4 Å².